The quantitative estimate of drug-likeness (QED) is 0.423. The fourth-order valence-corrected chi connectivity index (χ4v) is 3.55. The van der Waals surface area contributed by atoms with Crippen molar-refractivity contribution < 1.29 is 17.9 Å². The minimum absolute atomic E-state index is 0.0142. The van der Waals surface area contributed by atoms with E-state index in [1.54, 1.807) is 28.4 Å². The van der Waals surface area contributed by atoms with E-state index in [-0.39, 0.29) is 12.4 Å². The molecule has 5 heterocycles. The summed E-state index contributed by atoms with van der Waals surface area (Å²) in [7, 11) is 1.52. The third-order valence-corrected chi connectivity index (χ3v) is 5.02. The summed E-state index contributed by atoms with van der Waals surface area (Å²) in [6, 6.07) is 4.56. The van der Waals surface area contributed by atoms with Crippen molar-refractivity contribution in [2.45, 2.75) is 19.6 Å². The van der Waals surface area contributed by atoms with Gasteiger partial charge < -0.3 is 9.30 Å². The minimum atomic E-state index is -4.55. The molecule has 0 bridgehead atoms. The summed E-state index contributed by atoms with van der Waals surface area (Å²) in [5.41, 5.74) is 2.31. The zero-order chi connectivity index (χ0) is 22.5. The first-order valence-corrected chi connectivity index (χ1v) is 9.44. The minimum Gasteiger partial charge on any atom is -0.479 e. The zero-order valence-corrected chi connectivity index (χ0v) is 16.9. The number of pyridine rings is 1. The number of aryl methyl sites for hydroxylation is 1. The first-order valence-electron chi connectivity index (χ1n) is 9.44. The van der Waals surface area contributed by atoms with E-state index in [2.05, 4.69) is 30.0 Å². The van der Waals surface area contributed by atoms with Crippen molar-refractivity contribution in [2.24, 2.45) is 0 Å². The summed E-state index contributed by atoms with van der Waals surface area (Å²) in [4.78, 5) is 20.7. The predicted octanol–water partition coefficient (Wildman–Crippen LogP) is 3.32. The first-order chi connectivity index (χ1) is 15.3. The molecule has 0 aliphatic rings. The number of hydrogen-bond acceptors (Lipinski definition) is 7. The third kappa shape index (κ3) is 3.29. The maximum atomic E-state index is 13.0. The average Bonchev–Trinajstić information content (AvgIpc) is 3.34. The van der Waals surface area contributed by atoms with E-state index >= 15 is 0 Å². The highest BCUT2D eigenvalue weighted by atomic mass is 19.4. The van der Waals surface area contributed by atoms with Crippen LogP contribution >= 0.6 is 0 Å². The van der Waals surface area contributed by atoms with Crippen LogP contribution in [-0.4, -0.2) is 46.2 Å². The highest BCUT2D eigenvalue weighted by Gasteiger charge is 2.32. The molecule has 0 saturated carbocycles. The van der Waals surface area contributed by atoms with Crippen molar-refractivity contribution in [1.82, 2.24) is 39.1 Å². The lowest BCUT2D eigenvalue weighted by Crippen LogP contribution is -2.13. The second-order valence-electron chi connectivity index (χ2n) is 6.96. The molecule has 5 rings (SSSR count). The van der Waals surface area contributed by atoms with Crippen LogP contribution in [0.1, 0.15) is 17.3 Å². The maximum Gasteiger partial charge on any atom is 0.433 e. The van der Waals surface area contributed by atoms with E-state index in [1.807, 2.05) is 12.1 Å². The molecular formula is C20H15F3N8O. The number of fused-ring (bicyclic) bond motifs is 2. The number of aromatic nitrogens is 8. The number of hydrogen-bond donors (Lipinski definition) is 0. The molecule has 0 aromatic carbocycles. The smallest absolute Gasteiger partial charge is 0.433 e. The topological polar surface area (TPSA) is 95.9 Å². The number of nitrogens with zero attached hydrogens (tertiary/aromatic N) is 8. The van der Waals surface area contributed by atoms with E-state index in [0.717, 1.165) is 23.4 Å². The molecule has 0 N–H and O–H groups in total. The van der Waals surface area contributed by atoms with Crippen LogP contribution in [0, 0.1) is 6.92 Å². The molecule has 0 spiro atoms. The molecule has 0 amide bonds. The number of rotatable bonds is 4. The summed E-state index contributed by atoms with van der Waals surface area (Å²) in [5.74, 6) is 1.01. The summed E-state index contributed by atoms with van der Waals surface area (Å²) in [6.45, 7) is 1.76. The molecule has 12 heteroatoms. The Labute approximate surface area is 178 Å². The molecule has 0 radical (unpaired) electrons. The third-order valence-electron chi connectivity index (χ3n) is 5.02. The molecule has 0 aliphatic carbocycles. The highest BCUT2D eigenvalue weighted by molar-refractivity contribution is 5.87. The number of imidazole rings is 1. The van der Waals surface area contributed by atoms with E-state index in [1.165, 1.54) is 13.4 Å². The molecule has 0 aliphatic heterocycles. The number of halogens is 3. The Hall–Kier alpha value is -4.09. The maximum absolute atomic E-state index is 13.0. The van der Waals surface area contributed by atoms with Crippen molar-refractivity contribution in [3.8, 4) is 17.0 Å². The average molecular weight is 440 g/mol. The van der Waals surface area contributed by atoms with Gasteiger partial charge in [-0.15, -0.1) is 0 Å². The molecular weight excluding hydrogens is 425 g/mol. The van der Waals surface area contributed by atoms with Crippen LogP contribution in [0.25, 0.3) is 27.8 Å². The van der Waals surface area contributed by atoms with Gasteiger partial charge in [-0.25, -0.2) is 24.5 Å². The summed E-state index contributed by atoms with van der Waals surface area (Å²) in [6.07, 6.45) is 1.39. The van der Waals surface area contributed by atoms with Crippen molar-refractivity contribution in [3.05, 3.63) is 60.5 Å². The number of alkyl halides is 3. The Kier molecular flexibility index (Phi) is 4.50. The van der Waals surface area contributed by atoms with Crippen LogP contribution in [-0.2, 0) is 12.7 Å². The number of ether oxygens (including phenoxy) is 1. The van der Waals surface area contributed by atoms with Crippen LogP contribution < -0.4 is 4.74 Å². The lowest BCUT2D eigenvalue weighted by atomic mass is 10.1. The van der Waals surface area contributed by atoms with Gasteiger partial charge in [-0.2, -0.15) is 23.3 Å². The molecule has 0 fully saturated rings. The Morgan fingerprint density at radius 1 is 1.09 bits per heavy atom. The molecule has 0 unspecified atom stereocenters. The standard InChI is InChI=1S/C20H15F3N8O/c1-11-28-18-14(30(11)9-16-24-5-3-15(29-16)20(21,22)23)7-12(8-25-18)13-4-6-31-17(13)19(32-2)26-10-27-31/h3-8,10H,9H2,1-2H3. The van der Waals surface area contributed by atoms with Crippen molar-refractivity contribution in [3.63, 3.8) is 0 Å². The van der Waals surface area contributed by atoms with Crippen molar-refractivity contribution in [1.29, 1.82) is 0 Å². The number of methoxy groups -OCH3 is 1. The lowest BCUT2D eigenvalue weighted by Gasteiger charge is -2.09. The normalized spacial score (nSPS) is 12.0. The van der Waals surface area contributed by atoms with E-state index < -0.39 is 11.9 Å². The predicted molar refractivity (Wildman–Crippen MR) is 107 cm³/mol. The molecule has 162 valence electrons. The van der Waals surface area contributed by atoms with Crippen molar-refractivity contribution in [2.75, 3.05) is 7.11 Å². The zero-order valence-electron chi connectivity index (χ0n) is 16.9. The van der Waals surface area contributed by atoms with Crippen LogP contribution in [0.4, 0.5) is 13.2 Å². The highest BCUT2D eigenvalue weighted by Crippen LogP contribution is 2.32. The summed E-state index contributed by atoms with van der Waals surface area (Å²) < 4.78 is 47.8. The van der Waals surface area contributed by atoms with Gasteiger partial charge in [0.15, 0.2) is 5.65 Å². The van der Waals surface area contributed by atoms with Gasteiger partial charge in [0.2, 0.25) is 5.88 Å². The van der Waals surface area contributed by atoms with Gasteiger partial charge in [-0.3, -0.25) is 0 Å². The fraction of sp³-hybridized carbons (Fsp3) is 0.200. The molecule has 0 saturated heterocycles. The SMILES string of the molecule is COc1ncnn2ccc(-c3cnc4nc(C)n(Cc5nccc(C(F)(F)F)n5)c4c3)c12. The Morgan fingerprint density at radius 3 is 2.72 bits per heavy atom. The molecule has 5 aromatic rings. The van der Waals surface area contributed by atoms with Crippen LogP contribution in [0.2, 0.25) is 0 Å². The summed E-state index contributed by atoms with van der Waals surface area (Å²) in [5, 5.41) is 4.18. The van der Waals surface area contributed by atoms with Gasteiger partial charge in [0.1, 0.15) is 29.2 Å². The second-order valence-corrected chi connectivity index (χ2v) is 6.96. The molecule has 32 heavy (non-hydrogen) atoms. The van der Waals surface area contributed by atoms with Crippen LogP contribution in [0.15, 0.2) is 43.1 Å². The van der Waals surface area contributed by atoms with Gasteiger partial charge in [0, 0.05) is 29.7 Å². The van der Waals surface area contributed by atoms with Crippen molar-refractivity contribution >= 4 is 16.7 Å². The monoisotopic (exact) mass is 440 g/mol. The molecule has 5 aromatic heterocycles. The Balaban J connectivity index is 1.61. The Bertz CT molecular complexity index is 1460. The molecule has 0 atom stereocenters. The van der Waals surface area contributed by atoms with E-state index in [9.17, 15) is 13.2 Å². The van der Waals surface area contributed by atoms with Gasteiger partial charge >= 0.3 is 6.18 Å². The van der Waals surface area contributed by atoms with Crippen LogP contribution in [0.5, 0.6) is 5.88 Å². The fourth-order valence-electron chi connectivity index (χ4n) is 3.55. The lowest BCUT2D eigenvalue weighted by molar-refractivity contribution is -0.141. The summed E-state index contributed by atoms with van der Waals surface area (Å²) >= 11 is 0. The van der Waals surface area contributed by atoms with Gasteiger partial charge in [0.05, 0.1) is 19.2 Å². The van der Waals surface area contributed by atoms with E-state index in [0.29, 0.717) is 28.4 Å². The van der Waals surface area contributed by atoms with E-state index in [4.69, 9.17) is 4.74 Å². The van der Waals surface area contributed by atoms with Crippen LogP contribution in [0.3, 0.4) is 0 Å². The van der Waals surface area contributed by atoms with Gasteiger partial charge in [-0.05, 0) is 25.1 Å². The Morgan fingerprint density at radius 2 is 1.94 bits per heavy atom. The first kappa shape index (κ1) is 19.8. The van der Waals surface area contributed by atoms with Gasteiger partial charge in [0.25, 0.3) is 0 Å². The second kappa shape index (κ2) is 7.25. The largest absolute Gasteiger partial charge is 0.479 e. The molecule has 9 nitrogen and oxygen atoms in total. The van der Waals surface area contributed by atoms with Gasteiger partial charge in [-0.1, -0.05) is 0 Å².